The van der Waals surface area contributed by atoms with Crippen molar-refractivity contribution in [1.29, 1.82) is 0 Å². The third-order valence-corrected chi connectivity index (χ3v) is 4.93. The number of benzene rings is 1. The maximum atomic E-state index is 11.6. The van der Waals surface area contributed by atoms with Crippen LogP contribution in [-0.4, -0.2) is 50.1 Å². The highest BCUT2D eigenvalue weighted by Crippen LogP contribution is 2.27. The highest BCUT2D eigenvalue weighted by molar-refractivity contribution is 5.78. The summed E-state index contributed by atoms with van der Waals surface area (Å²) in [5.41, 5.74) is 4.76. The fourth-order valence-corrected chi connectivity index (χ4v) is 3.68. The molecule has 126 valence electrons. The van der Waals surface area contributed by atoms with Crippen LogP contribution in [0.15, 0.2) is 24.4 Å². The molecule has 2 aliphatic rings. The van der Waals surface area contributed by atoms with Crippen molar-refractivity contribution in [3.8, 4) is 11.3 Å². The molecule has 1 amide bonds. The molecule has 1 fully saturated rings. The van der Waals surface area contributed by atoms with Crippen molar-refractivity contribution in [2.45, 2.75) is 44.8 Å². The normalized spacial score (nSPS) is 18.2. The first-order valence-electron chi connectivity index (χ1n) is 8.67. The van der Waals surface area contributed by atoms with E-state index in [0.29, 0.717) is 19.5 Å². The predicted octanol–water partition coefficient (Wildman–Crippen LogP) is 1.42. The lowest BCUT2D eigenvalue weighted by Gasteiger charge is -2.19. The maximum Gasteiger partial charge on any atom is 0.222 e. The Labute approximate surface area is 141 Å². The minimum Gasteiger partial charge on any atom is -0.389 e. The van der Waals surface area contributed by atoms with Crippen LogP contribution in [0, 0.1) is 0 Å². The van der Waals surface area contributed by atoms with Crippen LogP contribution < -0.4 is 0 Å². The molecule has 24 heavy (non-hydrogen) atoms. The Hall–Kier alpha value is -2.21. The summed E-state index contributed by atoms with van der Waals surface area (Å²) in [4.78, 5) is 13.3. The van der Waals surface area contributed by atoms with E-state index in [-0.39, 0.29) is 5.91 Å². The molecule has 1 aromatic carbocycles. The van der Waals surface area contributed by atoms with Gasteiger partial charge in [0.1, 0.15) is 5.69 Å². The molecule has 1 unspecified atom stereocenters. The number of fused-ring (bicyclic) bond motifs is 1. The topological polar surface area (TPSA) is 71.2 Å². The lowest BCUT2D eigenvalue weighted by atomic mass is 10.0. The van der Waals surface area contributed by atoms with Gasteiger partial charge in [-0.1, -0.05) is 17.3 Å². The quantitative estimate of drug-likeness (QED) is 0.902. The smallest absolute Gasteiger partial charge is 0.222 e. The van der Waals surface area contributed by atoms with Gasteiger partial charge in [-0.3, -0.25) is 4.79 Å². The number of aromatic nitrogens is 3. The fraction of sp³-hybridized carbons (Fsp3) is 0.500. The average molecular weight is 326 g/mol. The summed E-state index contributed by atoms with van der Waals surface area (Å²) < 4.78 is 1.66. The van der Waals surface area contributed by atoms with Crippen molar-refractivity contribution in [1.82, 2.24) is 19.9 Å². The molecule has 4 rings (SSSR count). The third kappa shape index (κ3) is 3.06. The van der Waals surface area contributed by atoms with E-state index in [1.54, 1.807) is 9.58 Å². The molecule has 0 spiro atoms. The molecule has 1 atom stereocenters. The summed E-state index contributed by atoms with van der Waals surface area (Å²) in [7, 11) is 0. The minimum absolute atomic E-state index is 0.131. The largest absolute Gasteiger partial charge is 0.389 e. The molecule has 1 saturated heterocycles. The molecule has 6 nitrogen and oxygen atoms in total. The highest BCUT2D eigenvalue weighted by atomic mass is 16.3. The van der Waals surface area contributed by atoms with Crippen LogP contribution in [0.4, 0.5) is 0 Å². The van der Waals surface area contributed by atoms with Crippen LogP contribution in [0.3, 0.4) is 0 Å². The Morgan fingerprint density at radius 2 is 2.00 bits per heavy atom. The fourth-order valence-electron chi connectivity index (χ4n) is 3.68. The second kappa shape index (κ2) is 6.36. The number of hydrogen-bond donors (Lipinski definition) is 1. The van der Waals surface area contributed by atoms with Crippen molar-refractivity contribution in [2.24, 2.45) is 0 Å². The van der Waals surface area contributed by atoms with E-state index < -0.39 is 6.10 Å². The van der Waals surface area contributed by atoms with Gasteiger partial charge < -0.3 is 10.0 Å². The lowest BCUT2D eigenvalue weighted by molar-refractivity contribution is -0.129. The van der Waals surface area contributed by atoms with Gasteiger partial charge in [0.2, 0.25) is 5.91 Å². The Morgan fingerprint density at radius 3 is 2.83 bits per heavy atom. The first-order chi connectivity index (χ1) is 11.7. The molecule has 1 N–H and O–H groups in total. The van der Waals surface area contributed by atoms with E-state index in [1.807, 2.05) is 6.20 Å². The Morgan fingerprint density at radius 1 is 1.12 bits per heavy atom. The second-order valence-electron chi connectivity index (χ2n) is 6.76. The molecule has 2 aromatic rings. The van der Waals surface area contributed by atoms with Crippen LogP contribution in [0.2, 0.25) is 0 Å². The molecule has 1 aliphatic carbocycles. The molecule has 0 radical (unpaired) electrons. The van der Waals surface area contributed by atoms with Crippen molar-refractivity contribution in [3.05, 3.63) is 35.5 Å². The lowest BCUT2D eigenvalue weighted by Crippen LogP contribution is -2.35. The maximum absolute atomic E-state index is 11.6. The van der Waals surface area contributed by atoms with Crippen molar-refractivity contribution in [3.63, 3.8) is 0 Å². The first-order valence-corrected chi connectivity index (χ1v) is 8.67. The number of hydrogen-bond acceptors (Lipinski definition) is 4. The molecule has 6 heteroatoms. The van der Waals surface area contributed by atoms with Gasteiger partial charge in [0, 0.05) is 25.1 Å². The second-order valence-corrected chi connectivity index (χ2v) is 6.76. The first kappa shape index (κ1) is 15.3. The predicted molar refractivity (Wildman–Crippen MR) is 89.3 cm³/mol. The summed E-state index contributed by atoms with van der Waals surface area (Å²) in [6.45, 7) is 1.46. The van der Waals surface area contributed by atoms with Gasteiger partial charge >= 0.3 is 0 Å². The monoisotopic (exact) mass is 326 g/mol. The van der Waals surface area contributed by atoms with Gasteiger partial charge in [-0.05, 0) is 42.9 Å². The van der Waals surface area contributed by atoms with Crippen LogP contribution >= 0.6 is 0 Å². The number of nitrogens with zero attached hydrogens (tertiary/aromatic N) is 4. The molecular weight excluding hydrogens is 304 g/mol. The number of aliphatic hydroxyl groups is 1. The van der Waals surface area contributed by atoms with Crippen LogP contribution in [0.25, 0.3) is 11.3 Å². The molecule has 0 saturated carbocycles. The summed E-state index contributed by atoms with van der Waals surface area (Å²) in [5.74, 6) is 0.131. The minimum atomic E-state index is -0.623. The summed E-state index contributed by atoms with van der Waals surface area (Å²) in [6, 6.07) is 6.48. The number of β-amino-alcohol motifs (C(OH)–C–C–N with tert-alkyl or cyclic N) is 1. The van der Waals surface area contributed by atoms with E-state index in [2.05, 4.69) is 28.5 Å². The molecular formula is C18H22N4O2. The van der Waals surface area contributed by atoms with Crippen LogP contribution in [0.1, 0.15) is 30.4 Å². The number of carbonyl (C=O) groups is 1. The number of carbonyl (C=O) groups excluding carboxylic acids is 1. The van der Waals surface area contributed by atoms with Crippen LogP contribution in [0.5, 0.6) is 0 Å². The van der Waals surface area contributed by atoms with E-state index in [0.717, 1.165) is 30.6 Å². The highest BCUT2D eigenvalue weighted by Gasteiger charge is 2.23. The SMILES string of the molecule is O=C1CCCN1CC(O)Cn1cc(-c2ccc3c(c2)CCC3)nn1. The van der Waals surface area contributed by atoms with Gasteiger partial charge in [0.15, 0.2) is 0 Å². The number of aliphatic hydroxyl groups excluding tert-OH is 1. The van der Waals surface area contributed by atoms with Crippen molar-refractivity contribution < 1.29 is 9.90 Å². The van der Waals surface area contributed by atoms with Gasteiger partial charge in [0.05, 0.1) is 18.8 Å². The van der Waals surface area contributed by atoms with Crippen molar-refractivity contribution >= 4 is 5.91 Å². The standard InChI is InChI=1S/C18H22N4O2/c23-16(10-21-8-2-5-18(21)24)11-22-12-17(19-20-22)15-7-6-13-3-1-4-14(13)9-15/h6-7,9,12,16,23H,1-5,8,10-11H2. The van der Waals surface area contributed by atoms with Gasteiger partial charge in [-0.2, -0.15) is 0 Å². The Balaban J connectivity index is 1.42. The number of aryl methyl sites for hydroxylation is 2. The number of rotatable bonds is 5. The summed E-state index contributed by atoms with van der Waals surface area (Å²) in [6.07, 6.45) is 6.26. The molecule has 1 aromatic heterocycles. The van der Waals surface area contributed by atoms with E-state index >= 15 is 0 Å². The van der Waals surface area contributed by atoms with Gasteiger partial charge in [0.25, 0.3) is 0 Å². The van der Waals surface area contributed by atoms with Gasteiger partial charge in [-0.25, -0.2) is 4.68 Å². The van der Waals surface area contributed by atoms with Crippen LogP contribution in [-0.2, 0) is 24.2 Å². The Bertz CT molecular complexity index is 755. The van der Waals surface area contributed by atoms with E-state index in [4.69, 9.17) is 0 Å². The number of likely N-dealkylation sites (tertiary alicyclic amines) is 1. The summed E-state index contributed by atoms with van der Waals surface area (Å²) in [5, 5.41) is 18.6. The zero-order valence-electron chi connectivity index (χ0n) is 13.7. The zero-order valence-corrected chi connectivity index (χ0v) is 13.7. The molecule has 2 heterocycles. The summed E-state index contributed by atoms with van der Waals surface area (Å²) >= 11 is 0. The third-order valence-electron chi connectivity index (χ3n) is 4.93. The Kier molecular flexibility index (Phi) is 4.06. The number of amides is 1. The zero-order chi connectivity index (χ0) is 16.5. The van der Waals surface area contributed by atoms with E-state index in [1.165, 1.54) is 24.0 Å². The molecule has 1 aliphatic heterocycles. The van der Waals surface area contributed by atoms with Crippen molar-refractivity contribution in [2.75, 3.05) is 13.1 Å². The molecule has 0 bridgehead atoms. The average Bonchev–Trinajstić information content (AvgIpc) is 3.28. The van der Waals surface area contributed by atoms with E-state index in [9.17, 15) is 9.90 Å². The van der Waals surface area contributed by atoms with Gasteiger partial charge in [-0.15, -0.1) is 5.10 Å².